The zero-order chi connectivity index (χ0) is 15.4. The summed E-state index contributed by atoms with van der Waals surface area (Å²) in [5, 5.41) is 7.33. The number of rotatable bonds is 6. The van der Waals surface area contributed by atoms with Gasteiger partial charge in [-0.25, -0.2) is 4.98 Å². The summed E-state index contributed by atoms with van der Waals surface area (Å²) in [5.74, 6) is 2.47. The Labute approximate surface area is 124 Å². The predicted molar refractivity (Wildman–Crippen MR) is 79.7 cm³/mol. The largest absolute Gasteiger partial charge is 0.435 e. The molecule has 0 unspecified atom stereocenters. The van der Waals surface area contributed by atoms with E-state index in [1.54, 1.807) is 17.8 Å². The number of nitrogens with zero attached hydrogens (tertiary/aromatic N) is 4. The van der Waals surface area contributed by atoms with Crippen molar-refractivity contribution in [3.05, 3.63) is 23.3 Å². The fourth-order valence-corrected chi connectivity index (χ4v) is 1.92. The summed E-state index contributed by atoms with van der Waals surface area (Å²) in [4.78, 5) is 8.70. The van der Waals surface area contributed by atoms with E-state index in [4.69, 9.17) is 9.47 Å². The Morgan fingerprint density at radius 3 is 2.62 bits per heavy atom. The van der Waals surface area contributed by atoms with Crippen LogP contribution in [0.15, 0.2) is 6.07 Å². The molecule has 2 heterocycles. The van der Waals surface area contributed by atoms with E-state index in [9.17, 15) is 0 Å². The molecule has 0 atom stereocenters. The van der Waals surface area contributed by atoms with Crippen molar-refractivity contribution in [3.8, 4) is 11.6 Å². The van der Waals surface area contributed by atoms with Crippen LogP contribution in [0.25, 0.3) is 0 Å². The third-order valence-corrected chi connectivity index (χ3v) is 3.09. The smallest absolute Gasteiger partial charge is 0.224 e. The minimum absolute atomic E-state index is 0.355. The van der Waals surface area contributed by atoms with Crippen molar-refractivity contribution in [1.29, 1.82) is 0 Å². The lowest BCUT2D eigenvalue weighted by molar-refractivity contribution is 0.128. The van der Waals surface area contributed by atoms with Gasteiger partial charge >= 0.3 is 0 Å². The summed E-state index contributed by atoms with van der Waals surface area (Å²) >= 11 is 0. The van der Waals surface area contributed by atoms with Gasteiger partial charge in [-0.1, -0.05) is 0 Å². The van der Waals surface area contributed by atoms with Gasteiger partial charge < -0.3 is 14.8 Å². The molecule has 7 nitrogen and oxygen atoms in total. The Morgan fingerprint density at radius 1 is 1.29 bits per heavy atom. The zero-order valence-electron chi connectivity index (χ0n) is 13.1. The SMILES string of the molecule is CCOCc1nc(NC)cc(Oc2c(C)nn(C)c2C)n1. The van der Waals surface area contributed by atoms with Gasteiger partial charge in [-0.05, 0) is 20.8 Å². The lowest BCUT2D eigenvalue weighted by Crippen LogP contribution is -2.04. The molecular weight excluding hydrogens is 270 g/mol. The first-order valence-corrected chi connectivity index (χ1v) is 6.86. The van der Waals surface area contributed by atoms with Gasteiger partial charge in [0.2, 0.25) is 5.88 Å². The van der Waals surface area contributed by atoms with Gasteiger partial charge in [-0.3, -0.25) is 4.68 Å². The molecule has 0 aromatic carbocycles. The van der Waals surface area contributed by atoms with Gasteiger partial charge in [-0.2, -0.15) is 10.1 Å². The Morgan fingerprint density at radius 2 is 2.05 bits per heavy atom. The molecule has 0 aliphatic heterocycles. The van der Waals surface area contributed by atoms with Crippen LogP contribution in [0.3, 0.4) is 0 Å². The molecule has 0 fully saturated rings. The topological polar surface area (TPSA) is 74.1 Å². The van der Waals surface area contributed by atoms with Gasteiger partial charge in [0.25, 0.3) is 0 Å². The van der Waals surface area contributed by atoms with Crippen molar-refractivity contribution in [1.82, 2.24) is 19.7 Å². The fourth-order valence-electron chi connectivity index (χ4n) is 1.92. The fraction of sp³-hybridized carbons (Fsp3) is 0.500. The van der Waals surface area contributed by atoms with Crippen molar-refractivity contribution in [2.24, 2.45) is 7.05 Å². The number of nitrogens with one attached hydrogen (secondary N) is 1. The highest BCUT2D eigenvalue weighted by Crippen LogP contribution is 2.27. The Kier molecular flexibility index (Phi) is 4.74. The van der Waals surface area contributed by atoms with Crippen LogP contribution in [0.1, 0.15) is 24.1 Å². The molecule has 0 bridgehead atoms. The maximum absolute atomic E-state index is 5.89. The van der Waals surface area contributed by atoms with Crippen LogP contribution in [0, 0.1) is 13.8 Å². The van der Waals surface area contributed by atoms with Crippen LogP contribution in [0.5, 0.6) is 11.6 Å². The van der Waals surface area contributed by atoms with E-state index >= 15 is 0 Å². The molecular formula is C14H21N5O2. The quantitative estimate of drug-likeness (QED) is 0.879. The maximum atomic E-state index is 5.89. The summed E-state index contributed by atoms with van der Waals surface area (Å²) in [6.07, 6.45) is 0. The number of hydrogen-bond donors (Lipinski definition) is 1. The molecule has 114 valence electrons. The van der Waals surface area contributed by atoms with Gasteiger partial charge in [0.1, 0.15) is 18.1 Å². The summed E-state index contributed by atoms with van der Waals surface area (Å²) < 4.78 is 13.0. The van der Waals surface area contributed by atoms with Gasteiger partial charge in [0.05, 0.1) is 5.69 Å². The average molecular weight is 291 g/mol. The molecule has 1 N–H and O–H groups in total. The first kappa shape index (κ1) is 15.2. The molecule has 0 amide bonds. The summed E-state index contributed by atoms with van der Waals surface area (Å²) in [5.41, 5.74) is 1.77. The van der Waals surface area contributed by atoms with Crippen LogP contribution in [-0.4, -0.2) is 33.4 Å². The highest BCUT2D eigenvalue weighted by molar-refractivity contribution is 5.41. The standard InChI is InChI=1S/C14H21N5O2/c1-6-20-8-12-16-11(15-4)7-13(17-12)21-14-9(2)18-19(5)10(14)3/h7H,6,8H2,1-5H3,(H,15,16,17). The predicted octanol–water partition coefficient (Wildman–Crippen LogP) is 2.20. The number of anilines is 1. The molecule has 0 aliphatic rings. The lowest BCUT2D eigenvalue weighted by Gasteiger charge is -2.09. The van der Waals surface area contributed by atoms with E-state index in [0.29, 0.717) is 30.7 Å². The normalized spacial score (nSPS) is 10.7. The summed E-state index contributed by atoms with van der Waals surface area (Å²) in [6.45, 7) is 6.76. The molecule has 2 rings (SSSR count). The number of aryl methyl sites for hydroxylation is 2. The Hall–Kier alpha value is -2.15. The van der Waals surface area contributed by atoms with Crippen LogP contribution >= 0.6 is 0 Å². The Balaban J connectivity index is 2.30. The molecule has 0 spiro atoms. The van der Waals surface area contributed by atoms with Crippen molar-refractivity contribution >= 4 is 5.82 Å². The maximum Gasteiger partial charge on any atom is 0.224 e. The van der Waals surface area contributed by atoms with Gasteiger partial charge in [0.15, 0.2) is 11.6 Å². The monoisotopic (exact) mass is 291 g/mol. The van der Waals surface area contributed by atoms with Crippen molar-refractivity contribution in [2.75, 3.05) is 19.0 Å². The summed E-state index contributed by atoms with van der Waals surface area (Å²) in [6, 6.07) is 1.75. The van der Waals surface area contributed by atoms with Crippen LogP contribution in [0.2, 0.25) is 0 Å². The molecule has 7 heteroatoms. The van der Waals surface area contributed by atoms with Gasteiger partial charge in [0, 0.05) is 26.8 Å². The third-order valence-electron chi connectivity index (χ3n) is 3.09. The second kappa shape index (κ2) is 6.53. The molecule has 21 heavy (non-hydrogen) atoms. The van der Waals surface area contributed by atoms with Crippen molar-refractivity contribution in [2.45, 2.75) is 27.4 Å². The molecule has 0 saturated carbocycles. The van der Waals surface area contributed by atoms with E-state index in [2.05, 4.69) is 20.4 Å². The van der Waals surface area contributed by atoms with Crippen LogP contribution in [0.4, 0.5) is 5.82 Å². The highest BCUT2D eigenvalue weighted by Gasteiger charge is 2.14. The highest BCUT2D eigenvalue weighted by atomic mass is 16.5. The van der Waals surface area contributed by atoms with E-state index in [1.807, 2.05) is 27.8 Å². The number of ether oxygens (including phenoxy) is 2. The molecule has 0 saturated heterocycles. The van der Waals surface area contributed by atoms with Crippen LogP contribution in [-0.2, 0) is 18.4 Å². The first-order chi connectivity index (χ1) is 10.0. The second-order valence-electron chi connectivity index (χ2n) is 4.62. The zero-order valence-corrected chi connectivity index (χ0v) is 13.1. The molecule has 0 aliphatic carbocycles. The van der Waals surface area contributed by atoms with Crippen molar-refractivity contribution < 1.29 is 9.47 Å². The van der Waals surface area contributed by atoms with Crippen molar-refractivity contribution in [3.63, 3.8) is 0 Å². The van der Waals surface area contributed by atoms with E-state index < -0.39 is 0 Å². The Bertz CT molecular complexity index is 624. The minimum Gasteiger partial charge on any atom is -0.435 e. The van der Waals surface area contributed by atoms with E-state index in [0.717, 1.165) is 17.1 Å². The summed E-state index contributed by atoms with van der Waals surface area (Å²) in [7, 11) is 3.69. The number of aromatic nitrogens is 4. The van der Waals surface area contributed by atoms with E-state index in [-0.39, 0.29) is 0 Å². The van der Waals surface area contributed by atoms with Gasteiger partial charge in [-0.15, -0.1) is 0 Å². The average Bonchev–Trinajstić information content (AvgIpc) is 2.71. The second-order valence-corrected chi connectivity index (χ2v) is 4.62. The first-order valence-electron chi connectivity index (χ1n) is 6.86. The molecule has 2 aromatic heterocycles. The minimum atomic E-state index is 0.355. The molecule has 2 aromatic rings. The van der Waals surface area contributed by atoms with Crippen LogP contribution < -0.4 is 10.1 Å². The third kappa shape index (κ3) is 3.49. The molecule has 0 radical (unpaired) electrons. The lowest BCUT2D eigenvalue weighted by atomic mass is 10.3. The van der Waals surface area contributed by atoms with E-state index in [1.165, 1.54) is 0 Å². The number of hydrogen-bond acceptors (Lipinski definition) is 6.